The van der Waals surface area contributed by atoms with Gasteiger partial charge in [-0.1, -0.05) is 13.8 Å². The van der Waals surface area contributed by atoms with Gasteiger partial charge in [-0.3, -0.25) is 4.90 Å². The van der Waals surface area contributed by atoms with Crippen LogP contribution in [0.5, 0.6) is 0 Å². The Bertz CT molecular complexity index is 236. The second kappa shape index (κ2) is 5.68. The molecule has 2 aliphatic rings. The average molecular weight is 240 g/mol. The van der Waals surface area contributed by atoms with E-state index in [1.807, 2.05) is 0 Å². The summed E-state index contributed by atoms with van der Waals surface area (Å²) in [7, 11) is 0. The van der Waals surface area contributed by atoms with Gasteiger partial charge in [0.1, 0.15) is 0 Å². The molecular weight excluding hydrogens is 212 g/mol. The molecule has 2 fully saturated rings. The lowest BCUT2D eigenvalue weighted by Gasteiger charge is -2.41. The smallest absolute Gasteiger partial charge is 0.0472 e. The highest BCUT2D eigenvalue weighted by Gasteiger charge is 2.37. The van der Waals surface area contributed by atoms with Gasteiger partial charge in [0.2, 0.25) is 0 Å². The lowest BCUT2D eigenvalue weighted by molar-refractivity contribution is -0.00507. The van der Waals surface area contributed by atoms with Gasteiger partial charge in [0, 0.05) is 25.8 Å². The highest BCUT2D eigenvalue weighted by molar-refractivity contribution is 4.91. The van der Waals surface area contributed by atoms with Gasteiger partial charge in [0.25, 0.3) is 0 Å². The van der Waals surface area contributed by atoms with Crippen LogP contribution in [0.4, 0.5) is 0 Å². The lowest BCUT2D eigenvalue weighted by atomic mass is 9.79. The van der Waals surface area contributed by atoms with E-state index in [-0.39, 0.29) is 0 Å². The molecule has 2 aliphatic heterocycles. The second-order valence-corrected chi connectivity index (χ2v) is 6.24. The van der Waals surface area contributed by atoms with Crippen LogP contribution in [0.25, 0.3) is 0 Å². The van der Waals surface area contributed by atoms with Crippen molar-refractivity contribution in [2.24, 2.45) is 17.1 Å². The van der Waals surface area contributed by atoms with E-state index in [2.05, 4.69) is 18.7 Å². The summed E-state index contributed by atoms with van der Waals surface area (Å²) >= 11 is 0. The first-order valence-corrected chi connectivity index (χ1v) is 7.19. The van der Waals surface area contributed by atoms with Crippen molar-refractivity contribution in [3.63, 3.8) is 0 Å². The molecule has 0 radical (unpaired) electrons. The van der Waals surface area contributed by atoms with Crippen LogP contribution < -0.4 is 5.73 Å². The van der Waals surface area contributed by atoms with E-state index in [1.165, 1.54) is 25.9 Å². The van der Waals surface area contributed by atoms with Crippen LogP contribution in [0.3, 0.4) is 0 Å². The van der Waals surface area contributed by atoms with E-state index in [4.69, 9.17) is 10.5 Å². The van der Waals surface area contributed by atoms with Gasteiger partial charge in [-0.25, -0.2) is 0 Å². The molecule has 0 aromatic heterocycles. The van der Waals surface area contributed by atoms with E-state index >= 15 is 0 Å². The third-order valence-electron chi connectivity index (χ3n) is 4.71. The fraction of sp³-hybridized carbons (Fsp3) is 1.00. The molecule has 3 nitrogen and oxygen atoms in total. The summed E-state index contributed by atoms with van der Waals surface area (Å²) in [6.45, 7) is 9.78. The van der Waals surface area contributed by atoms with E-state index in [9.17, 15) is 0 Å². The van der Waals surface area contributed by atoms with Gasteiger partial charge < -0.3 is 10.5 Å². The van der Waals surface area contributed by atoms with Gasteiger partial charge in [0.15, 0.2) is 0 Å². The predicted octanol–water partition coefficient (Wildman–Crippen LogP) is 1.86. The van der Waals surface area contributed by atoms with Gasteiger partial charge >= 0.3 is 0 Å². The molecule has 2 N–H and O–H groups in total. The molecule has 2 rings (SSSR count). The lowest BCUT2D eigenvalue weighted by Crippen LogP contribution is -2.48. The minimum Gasteiger partial charge on any atom is -0.381 e. The van der Waals surface area contributed by atoms with Crippen molar-refractivity contribution < 1.29 is 4.74 Å². The Morgan fingerprint density at radius 1 is 1.35 bits per heavy atom. The zero-order chi connectivity index (χ0) is 12.3. The van der Waals surface area contributed by atoms with Crippen molar-refractivity contribution in [3.05, 3.63) is 0 Å². The van der Waals surface area contributed by atoms with Crippen molar-refractivity contribution in [3.8, 4) is 0 Å². The minimum atomic E-state index is 0.329. The van der Waals surface area contributed by atoms with Crippen molar-refractivity contribution in [1.29, 1.82) is 0 Å². The Balaban J connectivity index is 1.97. The summed E-state index contributed by atoms with van der Waals surface area (Å²) in [5.41, 5.74) is 6.38. The number of hydrogen-bond acceptors (Lipinski definition) is 3. The van der Waals surface area contributed by atoms with Crippen LogP contribution in [0.1, 0.15) is 39.5 Å². The first kappa shape index (κ1) is 13.3. The van der Waals surface area contributed by atoms with Gasteiger partial charge in [-0.2, -0.15) is 0 Å². The van der Waals surface area contributed by atoms with Gasteiger partial charge in [-0.05, 0) is 50.1 Å². The summed E-state index contributed by atoms with van der Waals surface area (Å²) in [6.07, 6.45) is 5.02. The van der Waals surface area contributed by atoms with Crippen LogP contribution in [0.2, 0.25) is 0 Å². The Morgan fingerprint density at radius 3 is 2.65 bits per heavy atom. The molecule has 0 aliphatic carbocycles. The normalized spacial score (nSPS) is 30.0. The predicted molar refractivity (Wildman–Crippen MR) is 71.0 cm³/mol. The van der Waals surface area contributed by atoms with Crippen LogP contribution in [-0.2, 0) is 4.74 Å². The molecule has 100 valence electrons. The fourth-order valence-corrected chi connectivity index (χ4v) is 3.47. The maximum Gasteiger partial charge on any atom is 0.0472 e. The molecule has 0 aromatic rings. The van der Waals surface area contributed by atoms with E-state index in [1.54, 1.807) is 0 Å². The molecule has 0 aromatic carbocycles. The fourth-order valence-electron chi connectivity index (χ4n) is 3.47. The topological polar surface area (TPSA) is 38.5 Å². The molecule has 2 heterocycles. The third-order valence-corrected chi connectivity index (χ3v) is 4.71. The molecule has 1 atom stereocenters. The molecule has 0 amide bonds. The first-order chi connectivity index (χ1) is 8.17. The molecular formula is C14H28N2O. The second-order valence-electron chi connectivity index (χ2n) is 6.24. The SMILES string of the molecule is CC(C)C1CCCN1CC1(CN)CCOCC1. The summed E-state index contributed by atoms with van der Waals surface area (Å²) in [5.74, 6) is 0.771. The summed E-state index contributed by atoms with van der Waals surface area (Å²) in [5, 5.41) is 0. The van der Waals surface area contributed by atoms with E-state index < -0.39 is 0 Å². The number of nitrogens with two attached hydrogens (primary N) is 1. The molecule has 1 unspecified atom stereocenters. The highest BCUT2D eigenvalue weighted by Crippen LogP contribution is 2.34. The maximum absolute atomic E-state index is 6.06. The Morgan fingerprint density at radius 2 is 2.06 bits per heavy atom. The van der Waals surface area contributed by atoms with Crippen molar-refractivity contribution in [1.82, 2.24) is 4.90 Å². The molecule has 3 heteroatoms. The van der Waals surface area contributed by atoms with Crippen LogP contribution in [0.15, 0.2) is 0 Å². The summed E-state index contributed by atoms with van der Waals surface area (Å²) < 4.78 is 5.49. The largest absolute Gasteiger partial charge is 0.381 e. The first-order valence-electron chi connectivity index (χ1n) is 7.19. The Hall–Kier alpha value is -0.120. The highest BCUT2D eigenvalue weighted by atomic mass is 16.5. The van der Waals surface area contributed by atoms with E-state index in [0.717, 1.165) is 44.6 Å². The molecule has 0 saturated carbocycles. The zero-order valence-electron chi connectivity index (χ0n) is 11.5. The Kier molecular flexibility index (Phi) is 4.45. The monoisotopic (exact) mass is 240 g/mol. The van der Waals surface area contributed by atoms with E-state index in [0.29, 0.717) is 5.41 Å². The minimum absolute atomic E-state index is 0.329. The van der Waals surface area contributed by atoms with Crippen molar-refractivity contribution in [2.45, 2.75) is 45.6 Å². The number of likely N-dealkylation sites (tertiary alicyclic amines) is 1. The summed E-state index contributed by atoms with van der Waals surface area (Å²) in [6, 6.07) is 0.779. The number of ether oxygens (including phenoxy) is 1. The van der Waals surface area contributed by atoms with Crippen LogP contribution in [0, 0.1) is 11.3 Å². The van der Waals surface area contributed by atoms with Gasteiger partial charge in [0.05, 0.1) is 0 Å². The third kappa shape index (κ3) is 3.01. The maximum atomic E-state index is 6.06. The summed E-state index contributed by atoms with van der Waals surface area (Å²) in [4.78, 5) is 2.70. The van der Waals surface area contributed by atoms with Crippen LogP contribution >= 0.6 is 0 Å². The Labute approximate surface area is 106 Å². The molecule has 2 saturated heterocycles. The zero-order valence-corrected chi connectivity index (χ0v) is 11.5. The van der Waals surface area contributed by atoms with Crippen molar-refractivity contribution >= 4 is 0 Å². The quantitative estimate of drug-likeness (QED) is 0.815. The molecule has 0 bridgehead atoms. The molecule has 0 spiro atoms. The number of nitrogens with zero attached hydrogens (tertiary/aromatic N) is 1. The number of hydrogen-bond donors (Lipinski definition) is 1. The van der Waals surface area contributed by atoms with Crippen molar-refractivity contribution in [2.75, 3.05) is 32.8 Å². The average Bonchev–Trinajstić information content (AvgIpc) is 2.78. The number of rotatable bonds is 4. The van der Waals surface area contributed by atoms with Crippen LogP contribution in [-0.4, -0.2) is 43.8 Å². The standard InChI is InChI=1S/C14H28N2O/c1-12(2)13-4-3-7-16(13)11-14(10-15)5-8-17-9-6-14/h12-13H,3-11,15H2,1-2H3. The van der Waals surface area contributed by atoms with Gasteiger partial charge in [-0.15, -0.1) is 0 Å². The molecule has 17 heavy (non-hydrogen) atoms.